The lowest BCUT2D eigenvalue weighted by Crippen LogP contribution is -2.46. The minimum absolute atomic E-state index is 0.0276. The monoisotopic (exact) mass is 1130 g/mol. The number of carbonyl (C=O) groups is 4. The number of aliphatic imine (C=N–C) groups is 1. The van der Waals surface area contributed by atoms with Crippen molar-refractivity contribution in [3.63, 3.8) is 0 Å². The molecule has 6 aliphatic rings. The van der Waals surface area contributed by atoms with Gasteiger partial charge in [-0.2, -0.15) is 0 Å². The van der Waals surface area contributed by atoms with Crippen LogP contribution >= 0.6 is 22.9 Å². The van der Waals surface area contributed by atoms with Gasteiger partial charge in [0, 0.05) is 99.3 Å². The van der Waals surface area contributed by atoms with Crippen molar-refractivity contribution in [2.45, 2.75) is 147 Å². The number of hydrogen-bond acceptors (Lipinski definition) is 18. The summed E-state index contributed by atoms with van der Waals surface area (Å²) in [6.07, 6.45) is 23.5. The number of esters is 2. The van der Waals surface area contributed by atoms with Crippen LogP contribution in [-0.2, 0) is 57.1 Å². The summed E-state index contributed by atoms with van der Waals surface area (Å²) in [4.78, 5) is 56.7. The molecule has 5 fully saturated rings. The van der Waals surface area contributed by atoms with E-state index in [2.05, 4.69) is 10.3 Å². The fraction of sp³-hybridized carbons (Fsp3) is 0.607. The van der Waals surface area contributed by atoms with Crippen molar-refractivity contribution in [2.75, 3.05) is 73.0 Å². The van der Waals surface area contributed by atoms with E-state index in [0.29, 0.717) is 48.3 Å². The SMILES string of the molecule is CC(C)(C)OC(=O)/C=C/[C@@H]1CCCCO1.CCOC(=O)C1=C(CN2CCO[C@H](/C=C/C(=O)O)C2)NC(c2nccs2)=N[C@H]1c1ccc(F)cc1Cl.CO[C@@H]1CCCCO1.O=C(O)/C=C/[C@@H]1CCCCO1.OC[C@@H]1CCCCO1. The van der Waals surface area contributed by atoms with E-state index in [-0.39, 0.29) is 54.4 Å². The van der Waals surface area contributed by atoms with Gasteiger partial charge in [-0.1, -0.05) is 17.7 Å². The van der Waals surface area contributed by atoms with Crippen LogP contribution < -0.4 is 5.32 Å². The van der Waals surface area contributed by atoms with Crippen molar-refractivity contribution in [1.82, 2.24) is 15.2 Å². The third-order valence-corrected chi connectivity index (χ3v) is 13.2. The van der Waals surface area contributed by atoms with Crippen LogP contribution in [0.15, 0.2) is 82.5 Å². The summed E-state index contributed by atoms with van der Waals surface area (Å²) in [6, 6.07) is 3.11. The summed E-state index contributed by atoms with van der Waals surface area (Å²) >= 11 is 7.78. The third-order valence-electron chi connectivity index (χ3n) is 12.1. The molecule has 434 valence electrons. The van der Waals surface area contributed by atoms with Gasteiger partial charge in [-0.3, -0.25) is 9.89 Å². The van der Waals surface area contributed by atoms with Crippen LogP contribution in [0.3, 0.4) is 0 Å². The van der Waals surface area contributed by atoms with E-state index >= 15 is 0 Å². The number of hydrogen-bond donors (Lipinski definition) is 4. The van der Waals surface area contributed by atoms with Crippen LogP contribution in [0.1, 0.15) is 121 Å². The number of carboxylic acids is 2. The lowest BCUT2D eigenvalue weighted by Gasteiger charge is -2.34. The fourth-order valence-electron chi connectivity index (χ4n) is 8.37. The zero-order valence-corrected chi connectivity index (χ0v) is 47.2. The molecule has 0 bridgehead atoms. The first-order valence-electron chi connectivity index (χ1n) is 26.8. The molecule has 0 aliphatic carbocycles. The van der Waals surface area contributed by atoms with Crippen LogP contribution in [0.2, 0.25) is 5.02 Å². The molecule has 8 rings (SSSR count). The van der Waals surface area contributed by atoms with Gasteiger partial charge in [-0.15, -0.1) is 11.3 Å². The molecule has 0 unspecified atom stereocenters. The van der Waals surface area contributed by atoms with Crippen molar-refractivity contribution in [1.29, 1.82) is 0 Å². The summed E-state index contributed by atoms with van der Waals surface area (Å²) in [5, 5.41) is 31.6. The molecule has 6 aliphatic heterocycles. The molecule has 6 atom stereocenters. The average molecular weight is 1140 g/mol. The number of nitrogens with one attached hydrogen (secondary N) is 1. The number of nitrogens with zero attached hydrogens (tertiary/aromatic N) is 3. The Labute approximate surface area is 466 Å². The quantitative estimate of drug-likeness (QED) is 0.102. The number of ether oxygens (including phenoxy) is 8. The van der Waals surface area contributed by atoms with Crippen molar-refractivity contribution < 1.29 is 76.8 Å². The molecule has 22 heteroatoms. The number of morpholine rings is 1. The van der Waals surface area contributed by atoms with E-state index in [1.54, 1.807) is 32.4 Å². The maximum Gasteiger partial charge on any atom is 0.338 e. The molecular weight excluding hydrogens is 1060 g/mol. The van der Waals surface area contributed by atoms with Crippen LogP contribution in [0.5, 0.6) is 0 Å². The average Bonchev–Trinajstić information content (AvgIpc) is 4.07. The largest absolute Gasteiger partial charge is 0.478 e. The smallest absolute Gasteiger partial charge is 0.338 e. The predicted molar refractivity (Wildman–Crippen MR) is 293 cm³/mol. The first kappa shape index (κ1) is 65.6. The Morgan fingerprint density at radius 3 is 1.92 bits per heavy atom. The number of halogens is 2. The standard InChI is InChI=1S/C24H24ClFN4O5S.C12H20O3.C8H12O3.2C6H12O2/c1-2-34-24(33)20-18(13-30-8-9-35-15(12-30)4-6-19(31)32)28-22(23-27-7-10-36-23)29-21(20)16-5-3-14(26)11-17(16)25;1-12(2,3)15-11(13)8-7-10-6-4-5-9-14-10;9-8(10)5-4-7-3-1-2-6-11-7;1-7-6-4-2-3-5-8-6;7-5-6-3-1-2-4-8-6/h3-7,10-11,15,21H,2,8-9,12-13H2,1H3,(H,28,29)(H,31,32);7-8,10H,4-6,9H2,1-3H3;4-5,7H,1-3,6H2,(H,9,10);6H,2-5H2,1H3;6-7H,1-5H2/b6-4+;8-7+;5-4+;;/t15-,21+;10-;7-;2*6-/m10000/s1. The number of carbonyl (C=O) groups excluding carboxylic acids is 2. The van der Waals surface area contributed by atoms with Gasteiger partial charge in [0.2, 0.25) is 0 Å². The molecule has 7 heterocycles. The Morgan fingerprint density at radius 2 is 1.44 bits per heavy atom. The van der Waals surface area contributed by atoms with E-state index in [0.717, 1.165) is 89.9 Å². The Kier molecular flexibility index (Phi) is 30.6. The molecule has 0 amide bonds. The Bertz CT molecular complexity index is 2250. The van der Waals surface area contributed by atoms with E-state index in [1.807, 2.05) is 31.1 Å². The lowest BCUT2D eigenvalue weighted by molar-refractivity contribution is -0.148. The first-order chi connectivity index (χ1) is 37.5. The maximum atomic E-state index is 13.8. The van der Waals surface area contributed by atoms with Gasteiger partial charge < -0.3 is 58.5 Å². The minimum atomic E-state index is -1.06. The van der Waals surface area contributed by atoms with Gasteiger partial charge in [-0.05, 0) is 135 Å². The maximum absolute atomic E-state index is 13.8. The van der Waals surface area contributed by atoms with Gasteiger partial charge in [0.25, 0.3) is 0 Å². The van der Waals surface area contributed by atoms with Gasteiger partial charge >= 0.3 is 23.9 Å². The summed E-state index contributed by atoms with van der Waals surface area (Å²) in [5.41, 5.74) is 0.838. The number of methoxy groups -OCH3 is 1. The Morgan fingerprint density at radius 1 is 0.833 bits per heavy atom. The normalized spacial score (nSPS) is 23.9. The van der Waals surface area contributed by atoms with Crippen LogP contribution in [0.4, 0.5) is 4.39 Å². The van der Waals surface area contributed by atoms with Crippen LogP contribution in [0.25, 0.3) is 0 Å². The van der Waals surface area contributed by atoms with E-state index in [9.17, 15) is 23.6 Å². The minimum Gasteiger partial charge on any atom is -0.478 e. The number of aromatic nitrogens is 1. The number of amidine groups is 1. The summed E-state index contributed by atoms with van der Waals surface area (Å²) in [5.74, 6) is -2.87. The van der Waals surface area contributed by atoms with Crippen molar-refractivity contribution in [2.24, 2.45) is 4.99 Å². The van der Waals surface area contributed by atoms with Gasteiger partial charge in [0.1, 0.15) is 17.5 Å². The van der Waals surface area contributed by atoms with E-state index in [1.165, 1.54) is 67.4 Å². The number of benzene rings is 1. The second-order valence-corrected chi connectivity index (χ2v) is 20.9. The highest BCUT2D eigenvalue weighted by Crippen LogP contribution is 2.37. The van der Waals surface area contributed by atoms with E-state index in [4.69, 9.17) is 69.8 Å². The number of aliphatic carboxylic acids is 2. The van der Waals surface area contributed by atoms with E-state index < -0.39 is 41.5 Å². The second-order valence-electron chi connectivity index (χ2n) is 19.6. The molecule has 2 aromatic rings. The molecule has 5 saturated heterocycles. The molecule has 19 nitrogen and oxygen atoms in total. The molecule has 0 radical (unpaired) electrons. The highest BCUT2D eigenvalue weighted by molar-refractivity contribution is 7.11. The first-order valence-corrected chi connectivity index (χ1v) is 28.0. The third kappa shape index (κ3) is 25.9. The number of rotatable bonds is 14. The second kappa shape index (κ2) is 36.3. The van der Waals surface area contributed by atoms with Gasteiger partial charge in [-0.25, -0.2) is 28.6 Å². The molecule has 1 aromatic heterocycles. The topological polar surface area (TPSA) is 243 Å². The lowest BCUT2D eigenvalue weighted by atomic mass is 9.95. The summed E-state index contributed by atoms with van der Waals surface area (Å²) in [6.45, 7) is 12.6. The van der Waals surface area contributed by atoms with Gasteiger partial charge in [0.15, 0.2) is 17.1 Å². The van der Waals surface area contributed by atoms with Crippen molar-refractivity contribution >= 4 is 52.7 Å². The molecule has 4 N–H and O–H groups in total. The Hall–Kier alpha value is -4.94. The highest BCUT2D eigenvalue weighted by Gasteiger charge is 2.35. The molecule has 0 saturated carbocycles. The highest BCUT2D eigenvalue weighted by atomic mass is 35.5. The zero-order valence-electron chi connectivity index (χ0n) is 45.6. The number of aliphatic hydroxyl groups is 1. The Balaban J connectivity index is 0.000000253. The summed E-state index contributed by atoms with van der Waals surface area (Å²) < 4.78 is 56.1. The van der Waals surface area contributed by atoms with Crippen molar-refractivity contribution in [3.8, 4) is 0 Å². The molecule has 1 aromatic carbocycles. The van der Waals surface area contributed by atoms with Crippen molar-refractivity contribution in [3.05, 3.63) is 98.9 Å². The molecular formula is C56H80ClFN4O15S. The number of thiazole rings is 1. The number of aliphatic hydroxyl groups excluding tert-OH is 1. The predicted octanol–water partition coefficient (Wildman–Crippen LogP) is 8.54. The van der Waals surface area contributed by atoms with Crippen LogP contribution in [-0.4, -0.2) is 164 Å². The molecule has 0 spiro atoms. The van der Waals surface area contributed by atoms with Crippen LogP contribution in [0, 0.1) is 5.82 Å². The zero-order chi connectivity index (χ0) is 56.7. The summed E-state index contributed by atoms with van der Waals surface area (Å²) in [7, 11) is 1.69. The fourth-order valence-corrected chi connectivity index (χ4v) is 9.22. The molecule has 78 heavy (non-hydrogen) atoms. The number of carboxylic acid groups (broad SMARTS) is 2. The van der Waals surface area contributed by atoms with Gasteiger partial charge in [0.05, 0.1) is 49.8 Å².